The number of rotatable bonds is 7. The molecule has 0 aromatic carbocycles. The summed E-state index contributed by atoms with van der Waals surface area (Å²) < 4.78 is 4.80. The Labute approximate surface area is 96.1 Å². The molecule has 1 unspecified atom stereocenters. The van der Waals surface area contributed by atoms with Gasteiger partial charge in [0, 0.05) is 5.75 Å². The summed E-state index contributed by atoms with van der Waals surface area (Å²) >= 11 is 1.77. The smallest absolute Gasteiger partial charge is 0.326 e. The highest BCUT2D eigenvalue weighted by molar-refractivity contribution is 7.99. The van der Waals surface area contributed by atoms with Crippen molar-refractivity contribution in [1.82, 2.24) is 0 Å². The molecule has 88 valence electrons. The number of ether oxygens (including phenoxy) is 1. The maximum atomic E-state index is 11.6. The van der Waals surface area contributed by atoms with Gasteiger partial charge in [0.05, 0.1) is 7.11 Å². The Hall–Kier alpha value is -0.220. The van der Waals surface area contributed by atoms with Crippen LogP contribution in [0.15, 0.2) is 0 Å². The fourth-order valence-electron chi connectivity index (χ4n) is 1.62. The van der Waals surface area contributed by atoms with Crippen LogP contribution in [-0.4, -0.2) is 30.1 Å². The molecule has 2 N–H and O–H groups in total. The van der Waals surface area contributed by atoms with E-state index in [0.717, 1.165) is 18.6 Å². The molecule has 0 aromatic heterocycles. The maximum absolute atomic E-state index is 11.6. The lowest BCUT2D eigenvalue weighted by molar-refractivity contribution is -0.146. The first-order valence-corrected chi connectivity index (χ1v) is 6.75. The Morgan fingerprint density at radius 1 is 1.60 bits per heavy atom. The van der Waals surface area contributed by atoms with E-state index in [0.29, 0.717) is 11.7 Å². The van der Waals surface area contributed by atoms with Crippen molar-refractivity contribution < 1.29 is 9.53 Å². The molecule has 0 spiro atoms. The van der Waals surface area contributed by atoms with Gasteiger partial charge in [0.15, 0.2) is 0 Å². The van der Waals surface area contributed by atoms with Gasteiger partial charge < -0.3 is 10.5 Å². The van der Waals surface area contributed by atoms with Gasteiger partial charge in [0.2, 0.25) is 0 Å². The average Bonchev–Trinajstić information content (AvgIpc) is 3.06. The third kappa shape index (κ3) is 3.38. The predicted molar refractivity (Wildman–Crippen MR) is 63.9 cm³/mol. The van der Waals surface area contributed by atoms with Crippen molar-refractivity contribution in [2.75, 3.05) is 18.6 Å². The van der Waals surface area contributed by atoms with Crippen LogP contribution >= 0.6 is 11.8 Å². The second-order valence-electron chi connectivity index (χ2n) is 4.21. The van der Waals surface area contributed by atoms with Crippen LogP contribution in [0.4, 0.5) is 0 Å². The first-order valence-electron chi connectivity index (χ1n) is 5.60. The SMILES string of the molecule is CCCCSCC(N)(C(=O)OC)C1CC1. The van der Waals surface area contributed by atoms with Crippen LogP contribution in [0.25, 0.3) is 0 Å². The summed E-state index contributed by atoms with van der Waals surface area (Å²) in [6.45, 7) is 2.16. The van der Waals surface area contributed by atoms with Crippen LogP contribution in [0.2, 0.25) is 0 Å². The van der Waals surface area contributed by atoms with Gasteiger partial charge in [0.1, 0.15) is 5.54 Å². The zero-order valence-electron chi connectivity index (χ0n) is 9.62. The molecule has 0 amide bonds. The van der Waals surface area contributed by atoms with Crippen molar-refractivity contribution in [2.24, 2.45) is 11.7 Å². The number of carbonyl (C=O) groups excluding carboxylic acids is 1. The minimum Gasteiger partial charge on any atom is -0.468 e. The number of methoxy groups -OCH3 is 1. The van der Waals surface area contributed by atoms with Crippen molar-refractivity contribution in [3.63, 3.8) is 0 Å². The van der Waals surface area contributed by atoms with E-state index in [9.17, 15) is 4.79 Å². The van der Waals surface area contributed by atoms with Crippen LogP contribution in [0.1, 0.15) is 32.6 Å². The number of hydrogen-bond donors (Lipinski definition) is 1. The molecule has 0 aliphatic heterocycles. The molecule has 15 heavy (non-hydrogen) atoms. The molecule has 0 heterocycles. The standard InChI is InChI=1S/C11H21NO2S/c1-3-4-7-15-8-11(12,9-5-6-9)10(13)14-2/h9H,3-8,12H2,1-2H3. The molecule has 4 heteroatoms. The van der Waals surface area contributed by atoms with Crippen LogP contribution < -0.4 is 5.73 Å². The van der Waals surface area contributed by atoms with Crippen LogP contribution in [-0.2, 0) is 9.53 Å². The summed E-state index contributed by atoms with van der Waals surface area (Å²) in [5.41, 5.74) is 5.42. The lowest BCUT2D eigenvalue weighted by Gasteiger charge is -2.25. The van der Waals surface area contributed by atoms with Crippen molar-refractivity contribution >= 4 is 17.7 Å². The molecule has 0 aromatic rings. The van der Waals surface area contributed by atoms with Gasteiger partial charge in [-0.15, -0.1) is 0 Å². The zero-order valence-corrected chi connectivity index (χ0v) is 10.4. The van der Waals surface area contributed by atoms with E-state index < -0.39 is 5.54 Å². The van der Waals surface area contributed by atoms with Gasteiger partial charge in [-0.1, -0.05) is 13.3 Å². The first-order chi connectivity index (χ1) is 7.15. The predicted octanol–water partition coefficient (Wildman–Crippen LogP) is 1.80. The normalized spacial score (nSPS) is 19.7. The molecule has 3 nitrogen and oxygen atoms in total. The second kappa shape index (κ2) is 5.75. The lowest BCUT2D eigenvalue weighted by atomic mass is 9.97. The molecule has 1 aliphatic carbocycles. The van der Waals surface area contributed by atoms with E-state index in [1.807, 2.05) is 0 Å². The Morgan fingerprint density at radius 3 is 2.73 bits per heavy atom. The van der Waals surface area contributed by atoms with E-state index in [1.54, 1.807) is 11.8 Å². The highest BCUT2D eigenvalue weighted by Gasteiger charge is 2.48. The molecular formula is C11H21NO2S. The number of esters is 1. The third-order valence-corrected chi connectivity index (χ3v) is 4.11. The van der Waals surface area contributed by atoms with Crippen LogP contribution in [0.5, 0.6) is 0 Å². The molecule has 0 radical (unpaired) electrons. The Bertz CT molecular complexity index is 219. The Kier molecular flexibility index (Phi) is 4.93. The Balaban J connectivity index is 2.39. The van der Waals surface area contributed by atoms with Crippen molar-refractivity contribution in [3.05, 3.63) is 0 Å². The van der Waals surface area contributed by atoms with Gasteiger partial charge >= 0.3 is 5.97 Å². The summed E-state index contributed by atoms with van der Waals surface area (Å²) in [5, 5.41) is 0. The number of thioether (sulfide) groups is 1. The van der Waals surface area contributed by atoms with Crippen molar-refractivity contribution in [1.29, 1.82) is 0 Å². The maximum Gasteiger partial charge on any atom is 0.326 e. The van der Waals surface area contributed by atoms with E-state index >= 15 is 0 Å². The van der Waals surface area contributed by atoms with Crippen molar-refractivity contribution in [2.45, 2.75) is 38.1 Å². The fraction of sp³-hybridized carbons (Fsp3) is 0.909. The van der Waals surface area contributed by atoms with Gasteiger partial charge in [-0.2, -0.15) is 11.8 Å². The molecule has 1 atom stereocenters. The van der Waals surface area contributed by atoms with Gasteiger partial charge in [-0.25, -0.2) is 0 Å². The molecular weight excluding hydrogens is 210 g/mol. The molecule has 0 bridgehead atoms. The average molecular weight is 231 g/mol. The summed E-state index contributed by atoms with van der Waals surface area (Å²) in [7, 11) is 1.42. The van der Waals surface area contributed by atoms with E-state index in [2.05, 4.69) is 6.92 Å². The fourth-order valence-corrected chi connectivity index (χ4v) is 2.95. The van der Waals surface area contributed by atoms with E-state index in [1.165, 1.54) is 20.0 Å². The minimum absolute atomic E-state index is 0.242. The number of nitrogens with two attached hydrogens (primary N) is 1. The lowest BCUT2D eigenvalue weighted by Crippen LogP contribution is -2.53. The van der Waals surface area contributed by atoms with Gasteiger partial charge in [0.25, 0.3) is 0 Å². The number of unbranched alkanes of at least 4 members (excludes halogenated alkanes) is 1. The van der Waals surface area contributed by atoms with Crippen LogP contribution in [0, 0.1) is 5.92 Å². The summed E-state index contributed by atoms with van der Waals surface area (Å²) in [6.07, 6.45) is 4.51. The minimum atomic E-state index is -0.729. The third-order valence-electron chi connectivity index (χ3n) is 2.85. The molecule has 1 saturated carbocycles. The highest BCUT2D eigenvalue weighted by Crippen LogP contribution is 2.40. The number of carbonyl (C=O) groups is 1. The Morgan fingerprint density at radius 2 is 2.27 bits per heavy atom. The highest BCUT2D eigenvalue weighted by atomic mass is 32.2. The molecule has 1 aliphatic rings. The summed E-state index contributed by atoms with van der Waals surface area (Å²) in [4.78, 5) is 11.6. The van der Waals surface area contributed by atoms with Crippen LogP contribution in [0.3, 0.4) is 0 Å². The van der Waals surface area contributed by atoms with E-state index in [4.69, 9.17) is 10.5 Å². The van der Waals surface area contributed by atoms with Crippen molar-refractivity contribution in [3.8, 4) is 0 Å². The molecule has 1 rings (SSSR count). The topological polar surface area (TPSA) is 52.3 Å². The summed E-state index contributed by atoms with van der Waals surface area (Å²) in [6, 6.07) is 0. The quantitative estimate of drug-likeness (QED) is 0.536. The molecule has 1 fully saturated rings. The monoisotopic (exact) mass is 231 g/mol. The van der Waals surface area contributed by atoms with E-state index in [-0.39, 0.29) is 5.97 Å². The number of hydrogen-bond acceptors (Lipinski definition) is 4. The second-order valence-corrected chi connectivity index (χ2v) is 5.32. The summed E-state index contributed by atoms with van der Waals surface area (Å²) in [5.74, 6) is 1.89. The van der Waals surface area contributed by atoms with Gasteiger partial charge in [-0.05, 0) is 30.9 Å². The largest absolute Gasteiger partial charge is 0.468 e. The first kappa shape index (κ1) is 12.8. The molecule has 0 saturated heterocycles. The van der Waals surface area contributed by atoms with Gasteiger partial charge in [-0.3, -0.25) is 4.79 Å². The zero-order chi connectivity index (χ0) is 11.3.